The van der Waals surface area contributed by atoms with Gasteiger partial charge in [0, 0.05) is 12.4 Å². The molecule has 130 valence electrons. The fourth-order valence-corrected chi connectivity index (χ4v) is 2.73. The number of amides is 1. The van der Waals surface area contributed by atoms with Gasteiger partial charge in [0.2, 0.25) is 5.95 Å². The van der Waals surface area contributed by atoms with Crippen molar-refractivity contribution >= 4 is 11.9 Å². The number of anilines is 1. The van der Waals surface area contributed by atoms with E-state index < -0.39 is 5.54 Å². The number of hydrogen-bond donors (Lipinski definition) is 2. The molecule has 7 heteroatoms. The summed E-state index contributed by atoms with van der Waals surface area (Å²) >= 11 is 0. The van der Waals surface area contributed by atoms with Crippen LogP contribution in [0.3, 0.4) is 0 Å². The summed E-state index contributed by atoms with van der Waals surface area (Å²) in [6.07, 6.45) is 3.48. The van der Waals surface area contributed by atoms with Crippen LogP contribution in [0, 0.1) is 17.2 Å². The van der Waals surface area contributed by atoms with E-state index in [1.165, 1.54) is 4.90 Å². The second kappa shape index (κ2) is 7.58. The summed E-state index contributed by atoms with van der Waals surface area (Å²) in [5.41, 5.74) is -0.829. The Morgan fingerprint density at radius 1 is 1.33 bits per heavy atom. The zero-order valence-electron chi connectivity index (χ0n) is 14.9. The molecule has 1 aromatic heterocycles. The highest BCUT2D eigenvalue weighted by Gasteiger charge is 2.36. The van der Waals surface area contributed by atoms with E-state index in [1.54, 1.807) is 25.4 Å². The van der Waals surface area contributed by atoms with E-state index in [0.29, 0.717) is 0 Å². The van der Waals surface area contributed by atoms with Crippen LogP contribution in [-0.2, 0) is 4.79 Å². The van der Waals surface area contributed by atoms with E-state index in [0.717, 1.165) is 32.1 Å². The van der Waals surface area contributed by atoms with E-state index in [2.05, 4.69) is 26.3 Å². The lowest BCUT2D eigenvalue weighted by molar-refractivity contribution is -0.914. The Balaban J connectivity index is 1.92. The normalized spacial score (nSPS) is 19.4. The van der Waals surface area contributed by atoms with Crippen LogP contribution in [0.1, 0.15) is 27.7 Å². The zero-order chi connectivity index (χ0) is 17.7. The molecule has 7 nitrogen and oxygen atoms in total. The van der Waals surface area contributed by atoms with Crippen LogP contribution in [-0.4, -0.2) is 53.6 Å². The number of aromatic nitrogens is 2. The van der Waals surface area contributed by atoms with Gasteiger partial charge in [0.15, 0.2) is 6.04 Å². The van der Waals surface area contributed by atoms with Gasteiger partial charge in [0.1, 0.15) is 5.54 Å². The molecule has 0 bridgehead atoms. The van der Waals surface area contributed by atoms with Gasteiger partial charge in [-0.3, -0.25) is 4.79 Å². The van der Waals surface area contributed by atoms with E-state index >= 15 is 0 Å². The summed E-state index contributed by atoms with van der Waals surface area (Å²) in [5, 5.41) is 12.3. The van der Waals surface area contributed by atoms with Gasteiger partial charge >= 0.3 is 0 Å². The van der Waals surface area contributed by atoms with Gasteiger partial charge in [-0.1, -0.05) is 13.8 Å². The lowest BCUT2D eigenvalue weighted by Gasteiger charge is -2.36. The molecule has 0 aliphatic carbocycles. The van der Waals surface area contributed by atoms with Crippen molar-refractivity contribution in [2.75, 3.05) is 31.1 Å². The van der Waals surface area contributed by atoms with Crippen LogP contribution in [0.5, 0.6) is 0 Å². The third-order valence-corrected chi connectivity index (χ3v) is 5.02. The number of piperazine rings is 1. The fourth-order valence-electron chi connectivity index (χ4n) is 2.73. The van der Waals surface area contributed by atoms with Gasteiger partial charge in [-0.05, 0) is 25.8 Å². The van der Waals surface area contributed by atoms with Gasteiger partial charge < -0.3 is 15.1 Å². The van der Waals surface area contributed by atoms with E-state index in [9.17, 15) is 10.1 Å². The van der Waals surface area contributed by atoms with E-state index in [4.69, 9.17) is 0 Å². The summed E-state index contributed by atoms with van der Waals surface area (Å²) in [5.74, 6) is 0.735. The van der Waals surface area contributed by atoms with Crippen LogP contribution < -0.4 is 15.1 Å². The molecule has 1 saturated heterocycles. The second-order valence-corrected chi connectivity index (χ2v) is 6.87. The standard InChI is InChI=1S/C17H26N6O/c1-13(2)17(4,12-18)21-15(24)14(3)22-8-10-23(11-9-22)16-19-6-5-7-20-16/h5-7,13-14H,8-11H2,1-4H3,(H,21,24)/p+1/t14-,17-/m1/s1. The summed E-state index contributed by atoms with van der Waals surface area (Å²) in [6.45, 7) is 10.9. The molecule has 0 radical (unpaired) electrons. The smallest absolute Gasteiger partial charge is 0.279 e. The summed E-state index contributed by atoms with van der Waals surface area (Å²) in [4.78, 5) is 24.5. The summed E-state index contributed by atoms with van der Waals surface area (Å²) in [6, 6.07) is 3.85. The molecular weight excluding hydrogens is 304 g/mol. The largest absolute Gasteiger partial charge is 0.333 e. The quantitative estimate of drug-likeness (QED) is 0.768. The third-order valence-electron chi connectivity index (χ3n) is 5.02. The van der Waals surface area contributed by atoms with Crippen LogP contribution in [0.15, 0.2) is 18.5 Å². The van der Waals surface area contributed by atoms with Crippen molar-refractivity contribution in [3.8, 4) is 6.07 Å². The van der Waals surface area contributed by atoms with Crippen molar-refractivity contribution in [3.63, 3.8) is 0 Å². The number of nitrogens with one attached hydrogen (secondary N) is 2. The van der Waals surface area contributed by atoms with Gasteiger partial charge in [-0.25, -0.2) is 9.97 Å². The SMILES string of the molecule is CC(C)[C@@](C)(C#N)NC(=O)[C@@H](C)[NH+]1CCN(c2ncccn2)CC1. The Morgan fingerprint density at radius 3 is 2.42 bits per heavy atom. The van der Waals surface area contributed by atoms with Crippen molar-refractivity contribution < 1.29 is 9.69 Å². The van der Waals surface area contributed by atoms with Gasteiger partial charge in [-0.15, -0.1) is 0 Å². The molecule has 1 aliphatic rings. The minimum absolute atomic E-state index is 0.0562. The number of nitriles is 1. The van der Waals surface area contributed by atoms with Crippen molar-refractivity contribution in [2.45, 2.75) is 39.3 Å². The Kier molecular flexibility index (Phi) is 5.73. The molecule has 1 fully saturated rings. The molecular formula is C17H27N6O+. The number of quaternary nitrogens is 1. The van der Waals surface area contributed by atoms with E-state index in [1.807, 2.05) is 20.8 Å². The average Bonchev–Trinajstić information content (AvgIpc) is 2.61. The molecule has 2 heterocycles. The molecule has 0 aromatic carbocycles. The summed E-state index contributed by atoms with van der Waals surface area (Å²) in [7, 11) is 0. The Hall–Kier alpha value is -2.20. The molecule has 1 aromatic rings. The Morgan fingerprint density at radius 2 is 1.92 bits per heavy atom. The number of rotatable bonds is 5. The number of nitrogens with zero attached hydrogens (tertiary/aromatic N) is 4. The molecule has 0 spiro atoms. The van der Waals surface area contributed by atoms with Crippen molar-refractivity contribution in [1.82, 2.24) is 15.3 Å². The predicted octanol–water partition coefficient (Wildman–Crippen LogP) is -0.376. The minimum Gasteiger partial charge on any atom is -0.333 e. The highest BCUT2D eigenvalue weighted by atomic mass is 16.2. The molecule has 1 aliphatic heterocycles. The first-order valence-corrected chi connectivity index (χ1v) is 8.47. The van der Waals surface area contributed by atoms with Crippen LogP contribution in [0.2, 0.25) is 0 Å². The molecule has 1 amide bonds. The Bertz CT molecular complexity index is 591. The first kappa shape index (κ1) is 18.1. The van der Waals surface area contributed by atoms with Gasteiger partial charge in [-0.2, -0.15) is 5.26 Å². The highest BCUT2D eigenvalue weighted by Crippen LogP contribution is 2.15. The van der Waals surface area contributed by atoms with Crippen LogP contribution in [0.25, 0.3) is 0 Å². The lowest BCUT2D eigenvalue weighted by atomic mass is 9.89. The van der Waals surface area contributed by atoms with Gasteiger partial charge in [0.05, 0.1) is 32.2 Å². The molecule has 24 heavy (non-hydrogen) atoms. The maximum atomic E-state index is 12.6. The fraction of sp³-hybridized carbons (Fsp3) is 0.647. The predicted molar refractivity (Wildman–Crippen MR) is 91.4 cm³/mol. The molecule has 0 saturated carbocycles. The minimum atomic E-state index is -0.829. The highest BCUT2D eigenvalue weighted by molar-refractivity contribution is 5.81. The van der Waals surface area contributed by atoms with Crippen LogP contribution >= 0.6 is 0 Å². The zero-order valence-corrected chi connectivity index (χ0v) is 14.9. The van der Waals surface area contributed by atoms with Crippen molar-refractivity contribution in [1.29, 1.82) is 5.26 Å². The second-order valence-electron chi connectivity index (χ2n) is 6.87. The molecule has 2 atom stereocenters. The maximum Gasteiger partial charge on any atom is 0.279 e. The Labute approximate surface area is 143 Å². The summed E-state index contributed by atoms with van der Waals surface area (Å²) < 4.78 is 0. The van der Waals surface area contributed by atoms with Crippen molar-refractivity contribution in [3.05, 3.63) is 18.5 Å². The number of carbonyl (C=O) groups excluding carboxylic acids is 1. The van der Waals surface area contributed by atoms with E-state index in [-0.39, 0.29) is 17.9 Å². The lowest BCUT2D eigenvalue weighted by Crippen LogP contribution is -3.19. The molecule has 2 rings (SSSR count). The molecule has 2 N–H and O–H groups in total. The molecule has 0 unspecified atom stereocenters. The first-order chi connectivity index (χ1) is 11.4. The third kappa shape index (κ3) is 4.01. The topological polar surface area (TPSA) is 86.4 Å². The van der Waals surface area contributed by atoms with Crippen molar-refractivity contribution in [2.24, 2.45) is 5.92 Å². The van der Waals surface area contributed by atoms with Crippen LogP contribution in [0.4, 0.5) is 5.95 Å². The van der Waals surface area contributed by atoms with Gasteiger partial charge in [0.25, 0.3) is 5.91 Å². The first-order valence-electron chi connectivity index (χ1n) is 8.47. The maximum absolute atomic E-state index is 12.6. The number of hydrogen-bond acceptors (Lipinski definition) is 5. The monoisotopic (exact) mass is 331 g/mol. The average molecular weight is 331 g/mol. The number of carbonyl (C=O) groups is 1.